The molecular formula is C17H27NO6. The minimum absolute atomic E-state index is 0.469. The Bertz CT molecular complexity index is 480. The van der Waals surface area contributed by atoms with Crippen molar-refractivity contribution in [2.24, 2.45) is 0 Å². The summed E-state index contributed by atoms with van der Waals surface area (Å²) < 4.78 is 10.9. The van der Waals surface area contributed by atoms with Crippen molar-refractivity contribution in [3.8, 4) is 5.75 Å². The van der Waals surface area contributed by atoms with Gasteiger partial charge in [-0.2, -0.15) is 0 Å². The highest BCUT2D eigenvalue weighted by Crippen LogP contribution is 2.24. The first-order chi connectivity index (χ1) is 11.6. The number of hydrogen-bond donors (Lipinski definition) is 5. The Morgan fingerprint density at radius 2 is 1.79 bits per heavy atom. The number of benzene rings is 1. The Hall–Kier alpha value is -1.22. The molecule has 0 radical (unpaired) electrons. The lowest BCUT2D eigenvalue weighted by Gasteiger charge is -2.39. The van der Waals surface area contributed by atoms with E-state index in [9.17, 15) is 15.3 Å². The fraction of sp³-hybridized carbons (Fsp3) is 0.647. The molecule has 0 amide bonds. The summed E-state index contributed by atoms with van der Waals surface area (Å²) in [5.41, 5.74) is 1.10. The molecular weight excluding hydrogens is 314 g/mol. The van der Waals surface area contributed by atoms with Gasteiger partial charge in [-0.25, -0.2) is 0 Å². The van der Waals surface area contributed by atoms with E-state index in [4.69, 9.17) is 14.6 Å². The van der Waals surface area contributed by atoms with Gasteiger partial charge in [-0.1, -0.05) is 25.5 Å². The largest absolute Gasteiger partial charge is 0.462 e. The van der Waals surface area contributed by atoms with Crippen LogP contribution in [0.2, 0.25) is 0 Å². The summed E-state index contributed by atoms with van der Waals surface area (Å²) in [6.45, 7) is 3.40. The summed E-state index contributed by atoms with van der Waals surface area (Å²) in [5.74, 6) is 0.469. The van der Waals surface area contributed by atoms with Crippen LogP contribution in [0.25, 0.3) is 0 Å². The van der Waals surface area contributed by atoms with Crippen molar-refractivity contribution in [3.63, 3.8) is 0 Å². The molecule has 1 aliphatic rings. The molecule has 5 N–H and O–H groups in total. The van der Waals surface area contributed by atoms with Gasteiger partial charge >= 0.3 is 0 Å². The van der Waals surface area contributed by atoms with Crippen molar-refractivity contribution in [2.45, 2.75) is 57.0 Å². The average Bonchev–Trinajstić information content (AvgIpc) is 2.60. The highest BCUT2D eigenvalue weighted by Gasteiger charge is 2.44. The molecule has 0 aliphatic carbocycles. The van der Waals surface area contributed by atoms with E-state index in [1.165, 1.54) is 0 Å². The molecule has 5 unspecified atom stereocenters. The second-order valence-corrected chi connectivity index (χ2v) is 5.99. The summed E-state index contributed by atoms with van der Waals surface area (Å²) in [7, 11) is 0. The molecule has 1 aromatic carbocycles. The van der Waals surface area contributed by atoms with Gasteiger partial charge in [0.1, 0.15) is 30.2 Å². The fourth-order valence-corrected chi connectivity index (χ4v) is 2.52. The topological polar surface area (TPSA) is 111 Å². The van der Waals surface area contributed by atoms with E-state index in [0.717, 1.165) is 31.5 Å². The van der Waals surface area contributed by atoms with Crippen molar-refractivity contribution in [1.29, 1.82) is 0 Å². The molecule has 7 nitrogen and oxygen atoms in total. The number of nitrogens with one attached hydrogen (secondary N) is 1. The molecule has 1 aliphatic heterocycles. The maximum Gasteiger partial charge on any atom is 0.229 e. The van der Waals surface area contributed by atoms with Gasteiger partial charge in [0.15, 0.2) is 0 Å². The molecule has 1 aromatic rings. The smallest absolute Gasteiger partial charge is 0.229 e. The maximum atomic E-state index is 9.95. The van der Waals surface area contributed by atoms with Crippen LogP contribution in [-0.2, 0) is 11.3 Å². The van der Waals surface area contributed by atoms with Crippen molar-refractivity contribution in [1.82, 2.24) is 5.32 Å². The Balaban J connectivity index is 1.90. The van der Waals surface area contributed by atoms with Crippen LogP contribution in [0.3, 0.4) is 0 Å². The van der Waals surface area contributed by atoms with E-state index in [0.29, 0.717) is 5.75 Å². The van der Waals surface area contributed by atoms with Gasteiger partial charge in [0, 0.05) is 6.54 Å². The lowest BCUT2D eigenvalue weighted by Crippen LogP contribution is -2.60. The van der Waals surface area contributed by atoms with Crippen LogP contribution in [0, 0.1) is 0 Å². The molecule has 7 heteroatoms. The van der Waals surface area contributed by atoms with Crippen LogP contribution < -0.4 is 10.1 Å². The van der Waals surface area contributed by atoms with Crippen molar-refractivity contribution >= 4 is 0 Å². The van der Waals surface area contributed by atoms with Gasteiger partial charge in [-0.05, 0) is 30.7 Å². The average molecular weight is 341 g/mol. The molecule has 5 atom stereocenters. The molecule has 136 valence electrons. The number of rotatable bonds is 8. The quantitative estimate of drug-likeness (QED) is 0.415. The summed E-state index contributed by atoms with van der Waals surface area (Å²) in [6, 6.07) is 7.30. The predicted molar refractivity (Wildman–Crippen MR) is 87.5 cm³/mol. The van der Waals surface area contributed by atoms with Crippen LogP contribution in [0.1, 0.15) is 25.3 Å². The van der Waals surface area contributed by atoms with Crippen LogP contribution >= 0.6 is 0 Å². The maximum absolute atomic E-state index is 9.95. The zero-order chi connectivity index (χ0) is 17.5. The fourth-order valence-electron chi connectivity index (χ4n) is 2.52. The summed E-state index contributed by atoms with van der Waals surface area (Å²) in [5, 5.41) is 42.0. The Morgan fingerprint density at radius 3 is 2.42 bits per heavy atom. The minimum atomic E-state index is -1.44. The molecule has 0 saturated carbocycles. The van der Waals surface area contributed by atoms with Gasteiger partial charge < -0.3 is 35.2 Å². The molecule has 1 heterocycles. The van der Waals surface area contributed by atoms with Gasteiger partial charge in [-0.3, -0.25) is 0 Å². The van der Waals surface area contributed by atoms with Gasteiger partial charge in [0.05, 0.1) is 6.61 Å². The third kappa shape index (κ3) is 4.89. The molecule has 1 saturated heterocycles. The number of aliphatic hydroxyl groups excluding tert-OH is 4. The lowest BCUT2D eigenvalue weighted by molar-refractivity contribution is -0.277. The normalized spacial score (nSPS) is 30.3. The molecule has 24 heavy (non-hydrogen) atoms. The summed E-state index contributed by atoms with van der Waals surface area (Å²) >= 11 is 0. The second-order valence-electron chi connectivity index (χ2n) is 5.99. The van der Waals surface area contributed by atoms with Crippen molar-refractivity contribution in [3.05, 3.63) is 29.8 Å². The molecule has 0 bridgehead atoms. The van der Waals surface area contributed by atoms with Gasteiger partial charge in [0.2, 0.25) is 6.29 Å². The Kier molecular flexibility index (Phi) is 7.41. The Morgan fingerprint density at radius 1 is 1.08 bits per heavy atom. The standard InChI is InChI=1S/C17H27NO6/c1-2-3-8-18-9-11-4-6-12(7-5-11)23-17-16(22)15(21)14(20)13(10-19)24-17/h4-7,13-22H,2-3,8-10H2,1H3. The van der Waals surface area contributed by atoms with E-state index >= 15 is 0 Å². The van der Waals surface area contributed by atoms with E-state index in [2.05, 4.69) is 12.2 Å². The highest BCUT2D eigenvalue weighted by molar-refractivity contribution is 5.27. The van der Waals surface area contributed by atoms with E-state index in [1.807, 2.05) is 12.1 Å². The summed E-state index contributed by atoms with van der Waals surface area (Å²) in [6.07, 6.45) is -4.08. The van der Waals surface area contributed by atoms with E-state index < -0.39 is 37.3 Å². The van der Waals surface area contributed by atoms with Crippen molar-refractivity contribution in [2.75, 3.05) is 13.2 Å². The zero-order valence-electron chi connectivity index (χ0n) is 13.8. The third-order valence-corrected chi connectivity index (χ3v) is 4.06. The first kappa shape index (κ1) is 19.1. The van der Waals surface area contributed by atoms with Crippen LogP contribution in [-0.4, -0.2) is 64.3 Å². The van der Waals surface area contributed by atoms with Gasteiger partial charge in [0.25, 0.3) is 0 Å². The van der Waals surface area contributed by atoms with Crippen LogP contribution in [0.15, 0.2) is 24.3 Å². The predicted octanol–water partition coefficient (Wildman–Crippen LogP) is -0.245. The Labute approximate surface area is 141 Å². The SMILES string of the molecule is CCCCNCc1ccc(OC2OC(CO)C(O)C(O)C2O)cc1. The van der Waals surface area contributed by atoms with Crippen LogP contribution in [0.5, 0.6) is 5.75 Å². The number of unbranched alkanes of at least 4 members (excludes halogenated alkanes) is 1. The first-order valence-corrected chi connectivity index (χ1v) is 8.33. The first-order valence-electron chi connectivity index (χ1n) is 8.33. The number of hydrogen-bond acceptors (Lipinski definition) is 7. The number of ether oxygens (including phenoxy) is 2. The summed E-state index contributed by atoms with van der Waals surface area (Å²) in [4.78, 5) is 0. The van der Waals surface area contributed by atoms with Crippen LogP contribution in [0.4, 0.5) is 0 Å². The highest BCUT2D eigenvalue weighted by atomic mass is 16.7. The molecule has 0 spiro atoms. The zero-order valence-corrected chi connectivity index (χ0v) is 13.8. The van der Waals surface area contributed by atoms with E-state index in [1.54, 1.807) is 12.1 Å². The molecule has 0 aromatic heterocycles. The second kappa shape index (κ2) is 9.31. The minimum Gasteiger partial charge on any atom is -0.462 e. The monoisotopic (exact) mass is 341 g/mol. The van der Waals surface area contributed by atoms with E-state index in [-0.39, 0.29) is 0 Å². The van der Waals surface area contributed by atoms with Gasteiger partial charge in [-0.15, -0.1) is 0 Å². The molecule has 2 rings (SSSR count). The third-order valence-electron chi connectivity index (χ3n) is 4.06. The molecule has 1 fully saturated rings. The number of aliphatic hydroxyl groups is 4. The lowest BCUT2D eigenvalue weighted by atomic mass is 9.99. The van der Waals surface area contributed by atoms with Crippen molar-refractivity contribution < 1.29 is 29.9 Å².